The standard InChI is InChI=1S/C15H12BrFN4O2/c1-22-15(23-2)14(7-19)11(13(14,6-18)12(20)21-15)8-3-4-10(17)9(16)5-8/h3-5,11H,1-2H3,(H2,20,21)/p+1/t11-,13-,14-/m1/s1. The maximum atomic E-state index is 13.5. The molecule has 8 heteroatoms. The molecule has 1 heterocycles. The molecular weight excluding hydrogens is 367 g/mol. The minimum Gasteiger partial charge on any atom is -0.317 e. The molecule has 1 fully saturated rings. The summed E-state index contributed by atoms with van der Waals surface area (Å²) >= 11 is 3.12. The second kappa shape index (κ2) is 4.75. The average Bonchev–Trinajstić information content (AvgIpc) is 3.13. The summed E-state index contributed by atoms with van der Waals surface area (Å²) < 4.78 is 24.6. The highest BCUT2D eigenvalue weighted by Gasteiger charge is 2.96. The Labute approximate surface area is 140 Å². The van der Waals surface area contributed by atoms with Crippen molar-refractivity contribution in [2.45, 2.75) is 11.8 Å². The SMILES string of the molecule is COC1(OC)[NH+]=C(N)[C@@]2(C#N)[C@@H](c3ccc(F)c(Br)c3)[C@@]12C#N. The maximum absolute atomic E-state index is 13.5. The number of nitriles is 2. The van der Waals surface area contributed by atoms with Gasteiger partial charge in [0, 0.05) is 20.1 Å². The quantitative estimate of drug-likeness (QED) is 0.724. The molecule has 1 aromatic carbocycles. The van der Waals surface area contributed by atoms with E-state index < -0.39 is 28.5 Å². The molecule has 0 aromatic heterocycles. The van der Waals surface area contributed by atoms with Crippen LogP contribution in [-0.4, -0.2) is 26.0 Å². The second-order valence-corrected chi connectivity index (χ2v) is 6.36. The zero-order valence-corrected chi connectivity index (χ0v) is 13.9. The Balaban J connectivity index is 2.25. The van der Waals surface area contributed by atoms with Gasteiger partial charge < -0.3 is 9.47 Å². The molecule has 0 bridgehead atoms. The van der Waals surface area contributed by atoms with Crippen LogP contribution < -0.4 is 10.7 Å². The number of fused-ring (bicyclic) bond motifs is 1. The summed E-state index contributed by atoms with van der Waals surface area (Å²) in [6.45, 7) is 0. The van der Waals surface area contributed by atoms with Gasteiger partial charge >= 0.3 is 5.91 Å². The fourth-order valence-corrected chi connectivity index (χ4v) is 4.20. The molecule has 0 unspecified atom stereocenters. The predicted octanol–water partition coefficient (Wildman–Crippen LogP) is 0.103. The van der Waals surface area contributed by atoms with Gasteiger partial charge in [-0.05, 0) is 33.6 Å². The van der Waals surface area contributed by atoms with Gasteiger partial charge in [0.15, 0.2) is 10.8 Å². The van der Waals surface area contributed by atoms with Crippen LogP contribution in [0.1, 0.15) is 11.5 Å². The fourth-order valence-electron chi connectivity index (χ4n) is 3.81. The molecule has 1 saturated carbocycles. The highest BCUT2D eigenvalue weighted by atomic mass is 79.9. The van der Waals surface area contributed by atoms with E-state index in [0.717, 1.165) is 0 Å². The molecule has 2 aliphatic rings. The largest absolute Gasteiger partial charge is 0.342 e. The van der Waals surface area contributed by atoms with Crippen LogP contribution in [0.3, 0.4) is 0 Å². The van der Waals surface area contributed by atoms with E-state index in [1.165, 1.54) is 26.4 Å². The fraction of sp³-hybridized carbons (Fsp3) is 0.400. The van der Waals surface area contributed by atoms with E-state index in [4.69, 9.17) is 15.2 Å². The van der Waals surface area contributed by atoms with Crippen molar-refractivity contribution in [1.82, 2.24) is 0 Å². The van der Waals surface area contributed by atoms with Crippen LogP contribution in [0.25, 0.3) is 0 Å². The Morgan fingerprint density at radius 2 is 1.96 bits per heavy atom. The molecule has 1 aliphatic heterocycles. The topological polar surface area (TPSA) is 106 Å². The summed E-state index contributed by atoms with van der Waals surface area (Å²) in [6, 6.07) is 8.66. The lowest BCUT2D eigenvalue weighted by Gasteiger charge is -2.26. The Bertz CT molecular complexity index is 811. The van der Waals surface area contributed by atoms with Crippen molar-refractivity contribution < 1.29 is 18.9 Å². The zero-order valence-electron chi connectivity index (χ0n) is 12.4. The molecule has 118 valence electrons. The van der Waals surface area contributed by atoms with Gasteiger partial charge in [0.1, 0.15) is 5.82 Å². The third kappa shape index (κ3) is 1.49. The number of hydrogen-bond donors (Lipinski definition) is 2. The number of benzene rings is 1. The summed E-state index contributed by atoms with van der Waals surface area (Å²) in [6.07, 6.45) is 0. The van der Waals surface area contributed by atoms with Crippen LogP contribution in [0.5, 0.6) is 0 Å². The van der Waals surface area contributed by atoms with E-state index in [1.54, 1.807) is 6.07 Å². The molecule has 23 heavy (non-hydrogen) atoms. The third-order valence-electron chi connectivity index (χ3n) is 4.85. The normalized spacial score (nSPS) is 33.3. The van der Waals surface area contributed by atoms with Gasteiger partial charge in [-0.3, -0.25) is 5.73 Å². The van der Waals surface area contributed by atoms with Crippen LogP contribution >= 0.6 is 15.9 Å². The highest BCUT2D eigenvalue weighted by molar-refractivity contribution is 9.10. The molecule has 6 nitrogen and oxygen atoms in total. The van der Waals surface area contributed by atoms with Crippen molar-refractivity contribution in [2.24, 2.45) is 16.6 Å². The van der Waals surface area contributed by atoms with Crippen molar-refractivity contribution in [3.63, 3.8) is 0 Å². The van der Waals surface area contributed by atoms with Crippen LogP contribution in [0.15, 0.2) is 22.7 Å². The Morgan fingerprint density at radius 1 is 1.30 bits per heavy atom. The lowest BCUT2D eigenvalue weighted by molar-refractivity contribution is -0.687. The Hall–Kier alpha value is -2.00. The lowest BCUT2D eigenvalue weighted by atomic mass is 9.93. The molecule has 0 radical (unpaired) electrons. The maximum Gasteiger partial charge on any atom is 0.342 e. The molecule has 3 rings (SSSR count). The van der Waals surface area contributed by atoms with E-state index in [2.05, 4.69) is 33.1 Å². The molecule has 0 saturated heterocycles. The molecule has 3 N–H and O–H groups in total. The summed E-state index contributed by atoms with van der Waals surface area (Å²) in [7, 11) is 2.73. The van der Waals surface area contributed by atoms with Crippen molar-refractivity contribution in [1.29, 1.82) is 10.5 Å². The van der Waals surface area contributed by atoms with Crippen LogP contribution in [0.2, 0.25) is 0 Å². The van der Waals surface area contributed by atoms with Gasteiger partial charge in [0.2, 0.25) is 0 Å². The first-order chi connectivity index (χ1) is 10.9. The molecule has 3 atom stereocenters. The number of nitrogens with one attached hydrogen (secondary N) is 1. The zero-order chi connectivity index (χ0) is 17.0. The second-order valence-electron chi connectivity index (χ2n) is 5.51. The summed E-state index contributed by atoms with van der Waals surface area (Å²) in [5, 5.41) is 19.7. The van der Waals surface area contributed by atoms with E-state index in [1.807, 2.05) is 0 Å². The molecule has 0 spiro atoms. The first kappa shape index (κ1) is 15.9. The Morgan fingerprint density at radius 3 is 2.43 bits per heavy atom. The highest BCUT2D eigenvalue weighted by Crippen LogP contribution is 2.78. The van der Waals surface area contributed by atoms with Gasteiger partial charge in [-0.25, -0.2) is 9.38 Å². The molecular formula is C15H13BrFN4O2+. The summed E-state index contributed by atoms with van der Waals surface area (Å²) in [4.78, 5) is 2.79. The van der Waals surface area contributed by atoms with Gasteiger partial charge in [0.25, 0.3) is 5.84 Å². The third-order valence-corrected chi connectivity index (χ3v) is 5.46. The van der Waals surface area contributed by atoms with E-state index in [9.17, 15) is 14.9 Å². The number of nitrogens with zero attached hydrogens (tertiary/aromatic N) is 2. The van der Waals surface area contributed by atoms with Crippen LogP contribution in [0.4, 0.5) is 4.39 Å². The number of nitrogens with two attached hydrogens (primary N) is 1. The van der Waals surface area contributed by atoms with Crippen molar-refractivity contribution in [3.05, 3.63) is 34.1 Å². The van der Waals surface area contributed by atoms with Gasteiger partial charge in [-0.15, -0.1) is 0 Å². The van der Waals surface area contributed by atoms with E-state index in [-0.39, 0.29) is 10.3 Å². The number of ether oxygens (including phenoxy) is 2. The van der Waals surface area contributed by atoms with Gasteiger partial charge in [-0.1, -0.05) is 6.07 Å². The number of amidine groups is 1. The summed E-state index contributed by atoms with van der Waals surface area (Å²) in [5.41, 5.74) is 3.95. The number of halogens is 2. The number of rotatable bonds is 3. The number of hydrogen-bond acceptors (Lipinski definition) is 5. The van der Waals surface area contributed by atoms with E-state index in [0.29, 0.717) is 5.56 Å². The lowest BCUT2D eigenvalue weighted by Crippen LogP contribution is -2.90. The van der Waals surface area contributed by atoms with Crippen molar-refractivity contribution >= 4 is 21.8 Å². The van der Waals surface area contributed by atoms with E-state index >= 15 is 0 Å². The van der Waals surface area contributed by atoms with Gasteiger partial charge in [-0.2, -0.15) is 10.5 Å². The predicted molar refractivity (Wildman–Crippen MR) is 79.8 cm³/mol. The smallest absolute Gasteiger partial charge is 0.317 e. The monoisotopic (exact) mass is 379 g/mol. The first-order valence-electron chi connectivity index (χ1n) is 6.69. The number of methoxy groups -OCH3 is 2. The minimum atomic E-state index is -1.55. The van der Waals surface area contributed by atoms with Crippen molar-refractivity contribution in [3.8, 4) is 12.1 Å². The Kier molecular flexibility index (Phi) is 3.28. The van der Waals surface area contributed by atoms with Crippen LogP contribution in [0, 0.1) is 39.3 Å². The molecule has 1 aromatic rings. The average molecular weight is 380 g/mol. The minimum absolute atomic E-state index is 0.107. The molecule has 0 amide bonds. The van der Waals surface area contributed by atoms with Gasteiger partial charge in [0.05, 0.1) is 16.6 Å². The first-order valence-corrected chi connectivity index (χ1v) is 7.49. The summed E-state index contributed by atoms with van der Waals surface area (Å²) in [5.74, 6) is -2.48. The van der Waals surface area contributed by atoms with Crippen molar-refractivity contribution in [2.75, 3.05) is 14.2 Å². The van der Waals surface area contributed by atoms with Crippen LogP contribution in [-0.2, 0) is 9.47 Å². The molecule has 1 aliphatic carbocycles.